The number of allylic oxidation sites excluding steroid dienone is 2. The first-order valence-corrected chi connectivity index (χ1v) is 9.42. The minimum atomic E-state index is -0.564. The zero-order valence-electron chi connectivity index (χ0n) is 16.5. The fourth-order valence-electron chi connectivity index (χ4n) is 2.34. The van der Waals surface area contributed by atoms with Crippen LogP contribution in [0.5, 0.6) is 0 Å². The second-order valence-electron chi connectivity index (χ2n) is 6.70. The van der Waals surface area contributed by atoms with Crippen LogP contribution in [0, 0.1) is 5.92 Å². The molecule has 0 aliphatic carbocycles. The van der Waals surface area contributed by atoms with Crippen molar-refractivity contribution < 1.29 is 24.2 Å². The molecular formula is C20H34N2O5. The number of aliphatic hydroxyl groups excluding tert-OH is 1. The van der Waals surface area contributed by atoms with Crippen molar-refractivity contribution in [3.05, 3.63) is 25.3 Å². The summed E-state index contributed by atoms with van der Waals surface area (Å²) in [6, 6.07) is -0.726. The van der Waals surface area contributed by atoms with Crippen molar-refractivity contribution in [2.24, 2.45) is 5.92 Å². The van der Waals surface area contributed by atoms with Crippen LogP contribution in [-0.4, -0.2) is 48.2 Å². The lowest BCUT2D eigenvalue weighted by Crippen LogP contribution is -2.42. The first-order chi connectivity index (χ1) is 12.8. The van der Waals surface area contributed by atoms with E-state index in [1.807, 2.05) is 6.08 Å². The van der Waals surface area contributed by atoms with Crippen LogP contribution in [0.25, 0.3) is 0 Å². The average Bonchev–Trinajstić information content (AvgIpc) is 2.63. The van der Waals surface area contributed by atoms with E-state index in [0.29, 0.717) is 12.8 Å². The molecule has 0 aliphatic rings. The number of ether oxygens (including phenoxy) is 1. The van der Waals surface area contributed by atoms with E-state index in [1.165, 1.54) is 0 Å². The van der Waals surface area contributed by atoms with Crippen molar-refractivity contribution in [2.75, 3.05) is 13.2 Å². The molecule has 0 radical (unpaired) electrons. The second-order valence-corrected chi connectivity index (χ2v) is 6.70. The van der Waals surface area contributed by atoms with Crippen LogP contribution in [0.4, 0.5) is 0 Å². The van der Waals surface area contributed by atoms with Crippen molar-refractivity contribution in [3.63, 3.8) is 0 Å². The number of hydrogen-bond acceptors (Lipinski definition) is 5. The Morgan fingerprint density at radius 3 is 2.37 bits per heavy atom. The van der Waals surface area contributed by atoms with E-state index >= 15 is 0 Å². The van der Waals surface area contributed by atoms with Gasteiger partial charge in [0, 0.05) is 18.9 Å². The molecule has 0 saturated carbocycles. The third-order valence-electron chi connectivity index (χ3n) is 3.86. The number of esters is 1. The Hall–Kier alpha value is -2.15. The number of unbranched alkanes of at least 4 members (excludes halogenated alkanes) is 2. The summed E-state index contributed by atoms with van der Waals surface area (Å²) in [6.45, 7) is 10.6. The van der Waals surface area contributed by atoms with Crippen molar-refractivity contribution in [2.45, 2.75) is 64.5 Å². The van der Waals surface area contributed by atoms with Gasteiger partial charge >= 0.3 is 5.97 Å². The van der Waals surface area contributed by atoms with Gasteiger partial charge in [0.05, 0.1) is 18.6 Å². The van der Waals surface area contributed by atoms with E-state index in [0.717, 1.165) is 19.3 Å². The molecule has 0 aromatic rings. The van der Waals surface area contributed by atoms with Gasteiger partial charge < -0.3 is 20.5 Å². The predicted octanol–water partition coefficient (Wildman–Crippen LogP) is 1.86. The van der Waals surface area contributed by atoms with Crippen LogP contribution in [0.1, 0.15) is 52.4 Å². The molecule has 0 aliphatic heterocycles. The molecule has 0 unspecified atom stereocenters. The second kappa shape index (κ2) is 15.0. The summed E-state index contributed by atoms with van der Waals surface area (Å²) in [5, 5.41) is 14.4. The van der Waals surface area contributed by atoms with Crippen LogP contribution in [0.15, 0.2) is 25.3 Å². The number of carbonyl (C=O) groups excluding carboxylic acids is 3. The summed E-state index contributed by atoms with van der Waals surface area (Å²) < 4.78 is 5.17. The van der Waals surface area contributed by atoms with Gasteiger partial charge in [0.25, 0.3) is 0 Å². The molecule has 7 heteroatoms. The standard InChI is InChI=1S/C20H34N2O5/c1-5-7-8-9-11-19(25)27-14-16(4)22-20(26)17(10-6-2)12-18(24)21-15(3)13-23/h5-6,15-17,23H,1-2,7-14H2,3-4H3,(H,21,24)(H,22,26)/t15-,16+,17-/m1/s1. The van der Waals surface area contributed by atoms with E-state index in [1.54, 1.807) is 19.9 Å². The molecule has 0 spiro atoms. The topological polar surface area (TPSA) is 105 Å². The third-order valence-corrected chi connectivity index (χ3v) is 3.86. The summed E-state index contributed by atoms with van der Waals surface area (Å²) in [4.78, 5) is 36.0. The Kier molecular flexibility index (Phi) is 13.8. The summed E-state index contributed by atoms with van der Waals surface area (Å²) in [7, 11) is 0. The van der Waals surface area contributed by atoms with E-state index in [-0.39, 0.29) is 49.5 Å². The Bertz CT molecular complexity index is 493. The van der Waals surface area contributed by atoms with Gasteiger partial charge in [-0.2, -0.15) is 0 Å². The lowest BCUT2D eigenvalue weighted by molar-refractivity contribution is -0.145. The zero-order valence-corrected chi connectivity index (χ0v) is 16.5. The molecule has 3 atom stereocenters. The Balaban J connectivity index is 4.33. The van der Waals surface area contributed by atoms with Crippen LogP contribution >= 0.6 is 0 Å². The molecule has 2 amide bonds. The Labute approximate surface area is 162 Å². The molecular weight excluding hydrogens is 348 g/mol. The Morgan fingerprint density at radius 2 is 1.78 bits per heavy atom. The number of rotatable bonds is 15. The van der Waals surface area contributed by atoms with Crippen LogP contribution in [0.3, 0.4) is 0 Å². The van der Waals surface area contributed by atoms with Crippen molar-refractivity contribution in [1.82, 2.24) is 10.6 Å². The van der Waals surface area contributed by atoms with Crippen molar-refractivity contribution >= 4 is 17.8 Å². The van der Waals surface area contributed by atoms with Gasteiger partial charge in [-0.1, -0.05) is 12.2 Å². The molecule has 0 bridgehead atoms. The van der Waals surface area contributed by atoms with Gasteiger partial charge in [0.2, 0.25) is 11.8 Å². The van der Waals surface area contributed by atoms with Gasteiger partial charge in [-0.05, 0) is 39.5 Å². The summed E-state index contributed by atoms with van der Waals surface area (Å²) in [6.07, 6.45) is 6.60. The predicted molar refractivity (Wildman–Crippen MR) is 105 cm³/mol. The zero-order chi connectivity index (χ0) is 20.7. The summed E-state index contributed by atoms with van der Waals surface area (Å²) >= 11 is 0. The van der Waals surface area contributed by atoms with E-state index < -0.39 is 5.92 Å². The fourth-order valence-corrected chi connectivity index (χ4v) is 2.34. The van der Waals surface area contributed by atoms with Crippen LogP contribution < -0.4 is 10.6 Å². The molecule has 7 nitrogen and oxygen atoms in total. The molecule has 3 N–H and O–H groups in total. The minimum absolute atomic E-state index is 0.00198. The summed E-state index contributed by atoms with van der Waals surface area (Å²) in [5.74, 6) is -1.46. The lowest BCUT2D eigenvalue weighted by atomic mass is 9.99. The SMILES string of the molecule is C=CCCCCC(=O)OC[C@H](C)NC(=O)[C@H](CC=C)CC(=O)N[C@H](C)CO. The molecule has 0 rings (SSSR count). The molecule has 27 heavy (non-hydrogen) atoms. The molecule has 0 aromatic carbocycles. The van der Waals surface area contributed by atoms with E-state index in [9.17, 15) is 14.4 Å². The smallest absolute Gasteiger partial charge is 0.305 e. The fraction of sp³-hybridized carbons (Fsp3) is 0.650. The highest BCUT2D eigenvalue weighted by molar-refractivity contribution is 5.86. The molecule has 0 aromatic heterocycles. The quantitative estimate of drug-likeness (QED) is 0.228. The maximum atomic E-state index is 12.4. The lowest BCUT2D eigenvalue weighted by Gasteiger charge is -2.20. The van der Waals surface area contributed by atoms with Crippen LogP contribution in [-0.2, 0) is 19.1 Å². The van der Waals surface area contributed by atoms with Gasteiger partial charge in [-0.15, -0.1) is 13.2 Å². The van der Waals surface area contributed by atoms with Gasteiger partial charge in [-0.25, -0.2) is 0 Å². The molecule has 0 heterocycles. The number of aliphatic hydroxyl groups is 1. The van der Waals surface area contributed by atoms with Gasteiger partial charge in [0.1, 0.15) is 6.61 Å². The first kappa shape index (κ1) is 24.8. The largest absolute Gasteiger partial charge is 0.464 e. The maximum Gasteiger partial charge on any atom is 0.305 e. The molecule has 0 fully saturated rings. The third kappa shape index (κ3) is 12.8. The highest BCUT2D eigenvalue weighted by atomic mass is 16.5. The first-order valence-electron chi connectivity index (χ1n) is 9.42. The Morgan fingerprint density at radius 1 is 1.07 bits per heavy atom. The van der Waals surface area contributed by atoms with Gasteiger partial charge in [0.15, 0.2) is 0 Å². The van der Waals surface area contributed by atoms with E-state index in [4.69, 9.17) is 9.84 Å². The number of amides is 2. The minimum Gasteiger partial charge on any atom is -0.464 e. The normalized spacial score (nSPS) is 13.7. The molecule has 0 saturated heterocycles. The van der Waals surface area contributed by atoms with Crippen molar-refractivity contribution in [1.29, 1.82) is 0 Å². The summed E-state index contributed by atoms with van der Waals surface area (Å²) in [5.41, 5.74) is 0. The monoisotopic (exact) mass is 382 g/mol. The van der Waals surface area contributed by atoms with Crippen molar-refractivity contribution in [3.8, 4) is 0 Å². The average molecular weight is 383 g/mol. The van der Waals surface area contributed by atoms with E-state index in [2.05, 4.69) is 23.8 Å². The number of carbonyl (C=O) groups is 3. The molecule has 154 valence electrons. The highest BCUT2D eigenvalue weighted by Gasteiger charge is 2.23. The van der Waals surface area contributed by atoms with Crippen LogP contribution in [0.2, 0.25) is 0 Å². The number of hydrogen-bond donors (Lipinski definition) is 3. The maximum absolute atomic E-state index is 12.4. The van der Waals surface area contributed by atoms with Gasteiger partial charge in [-0.3, -0.25) is 14.4 Å². The highest BCUT2D eigenvalue weighted by Crippen LogP contribution is 2.11. The number of nitrogens with one attached hydrogen (secondary N) is 2.